The number of aromatic nitrogens is 6. The van der Waals surface area contributed by atoms with E-state index in [2.05, 4.69) is 56.8 Å². The molecule has 0 aliphatic rings. The number of aliphatic hydroxyl groups is 2. The van der Waals surface area contributed by atoms with Crippen LogP contribution in [0.25, 0.3) is 22.3 Å². The van der Waals surface area contributed by atoms with Gasteiger partial charge in [0, 0.05) is 18.0 Å². The van der Waals surface area contributed by atoms with Gasteiger partial charge in [-0.1, -0.05) is 0 Å². The van der Waals surface area contributed by atoms with Gasteiger partial charge in [0.05, 0.1) is 19.0 Å². The van der Waals surface area contributed by atoms with Gasteiger partial charge in [-0.05, 0) is 37.9 Å². The van der Waals surface area contributed by atoms with E-state index in [1.54, 1.807) is 18.6 Å². The van der Waals surface area contributed by atoms with Gasteiger partial charge in [0.25, 0.3) is 0 Å². The zero-order valence-electron chi connectivity index (χ0n) is 12.2. The molecule has 0 aliphatic carbocycles. The fraction of sp³-hybridized carbons (Fsp3) is 0.143. The lowest BCUT2D eigenvalue weighted by molar-refractivity contribution is 0.214. The molecule has 3 N–H and O–H groups in total. The minimum Gasteiger partial charge on any atom is -0.392 e. The molecule has 4 aromatic heterocycles. The van der Waals surface area contributed by atoms with Crippen LogP contribution in [0.4, 0.5) is 0 Å². The van der Waals surface area contributed by atoms with Crippen molar-refractivity contribution < 1.29 is 10.2 Å². The molecule has 4 rings (SSSR count). The summed E-state index contributed by atoms with van der Waals surface area (Å²) in [5.74, 6) is 0. The van der Waals surface area contributed by atoms with E-state index in [9.17, 15) is 0 Å². The molecular weight excluding hydrogens is 444 g/mol. The van der Waals surface area contributed by atoms with Gasteiger partial charge in [0.2, 0.25) is 0 Å². The fourth-order valence-corrected chi connectivity index (χ4v) is 2.70. The Morgan fingerprint density at radius 3 is 2.58 bits per heavy atom. The second-order valence-corrected chi connectivity index (χ2v) is 6.32. The van der Waals surface area contributed by atoms with Crippen LogP contribution in [0.3, 0.4) is 0 Å². The van der Waals surface area contributed by atoms with Crippen molar-refractivity contribution in [2.75, 3.05) is 0 Å². The van der Waals surface area contributed by atoms with Crippen molar-refractivity contribution in [1.29, 1.82) is 0 Å². The lowest BCUT2D eigenvalue weighted by Crippen LogP contribution is -1.95. The number of rotatable bonds is 2. The van der Waals surface area contributed by atoms with Gasteiger partial charge >= 0.3 is 0 Å². The summed E-state index contributed by atoms with van der Waals surface area (Å²) < 4.78 is 2.90. The molecule has 0 spiro atoms. The minimum absolute atomic E-state index is 0.116. The van der Waals surface area contributed by atoms with Gasteiger partial charge in [-0.2, -0.15) is 0 Å². The van der Waals surface area contributed by atoms with E-state index in [1.807, 2.05) is 12.3 Å². The molecule has 10 heteroatoms. The van der Waals surface area contributed by atoms with Crippen LogP contribution in [-0.4, -0.2) is 39.7 Å². The third-order valence-corrected chi connectivity index (χ3v) is 3.93. The lowest BCUT2D eigenvalue weighted by Gasteiger charge is -1.97. The van der Waals surface area contributed by atoms with E-state index in [1.165, 1.54) is 4.57 Å². The van der Waals surface area contributed by atoms with Gasteiger partial charge in [0.15, 0.2) is 11.3 Å². The Bertz CT molecular complexity index is 984. The van der Waals surface area contributed by atoms with Crippen molar-refractivity contribution in [3.05, 3.63) is 45.6 Å². The molecule has 0 bridgehead atoms. The van der Waals surface area contributed by atoms with E-state index in [0.717, 1.165) is 15.8 Å². The third kappa shape index (κ3) is 3.46. The summed E-state index contributed by atoms with van der Waals surface area (Å²) in [5, 5.41) is 18.1. The summed E-state index contributed by atoms with van der Waals surface area (Å²) in [5.41, 5.74) is 3.54. The maximum Gasteiger partial charge on any atom is 0.161 e. The van der Waals surface area contributed by atoms with Gasteiger partial charge in [-0.3, -0.25) is 0 Å². The minimum atomic E-state index is -0.174. The Morgan fingerprint density at radius 1 is 1.08 bits per heavy atom. The molecule has 0 saturated heterocycles. The zero-order valence-corrected chi connectivity index (χ0v) is 15.4. The van der Waals surface area contributed by atoms with Crippen molar-refractivity contribution in [3.63, 3.8) is 0 Å². The molecule has 4 heterocycles. The normalized spacial score (nSPS) is 10.8. The van der Waals surface area contributed by atoms with Crippen molar-refractivity contribution >= 4 is 54.2 Å². The molecule has 124 valence electrons. The molecule has 0 fully saturated rings. The molecule has 4 aromatic rings. The largest absolute Gasteiger partial charge is 0.392 e. The summed E-state index contributed by atoms with van der Waals surface area (Å²) in [6.45, 7) is -0.290. The van der Waals surface area contributed by atoms with Crippen LogP contribution in [0.2, 0.25) is 0 Å². The molecule has 0 unspecified atom stereocenters. The average molecular weight is 456 g/mol. The number of aromatic amines is 1. The van der Waals surface area contributed by atoms with Crippen LogP contribution in [0.5, 0.6) is 0 Å². The van der Waals surface area contributed by atoms with E-state index in [-0.39, 0.29) is 13.3 Å². The van der Waals surface area contributed by atoms with E-state index in [0.29, 0.717) is 21.3 Å². The molecule has 0 radical (unpaired) electrons. The first kappa shape index (κ1) is 17.0. The quantitative estimate of drug-likeness (QED) is 0.427. The SMILES string of the molecule is Brc1cnc2[nH]ccc2n1.OCc1cn(CO)c2ncc(Br)nc12. The highest BCUT2D eigenvalue weighted by Crippen LogP contribution is 2.19. The zero-order chi connectivity index (χ0) is 17.1. The first-order chi connectivity index (χ1) is 11.6. The average Bonchev–Trinajstić information content (AvgIpc) is 3.18. The van der Waals surface area contributed by atoms with Crippen LogP contribution in [-0.2, 0) is 13.3 Å². The van der Waals surface area contributed by atoms with Gasteiger partial charge in [0.1, 0.15) is 27.0 Å². The van der Waals surface area contributed by atoms with Crippen molar-refractivity contribution in [2.45, 2.75) is 13.3 Å². The number of hydrogen-bond acceptors (Lipinski definition) is 6. The molecule has 0 aliphatic heterocycles. The maximum absolute atomic E-state index is 9.06. The van der Waals surface area contributed by atoms with Crippen LogP contribution in [0.1, 0.15) is 5.56 Å². The lowest BCUT2D eigenvalue weighted by atomic mass is 10.3. The van der Waals surface area contributed by atoms with Crippen molar-refractivity contribution in [2.24, 2.45) is 0 Å². The molecule has 24 heavy (non-hydrogen) atoms. The van der Waals surface area contributed by atoms with E-state index < -0.39 is 0 Å². The highest BCUT2D eigenvalue weighted by atomic mass is 79.9. The molecule has 0 saturated carbocycles. The number of fused-ring (bicyclic) bond motifs is 2. The summed E-state index contributed by atoms with van der Waals surface area (Å²) in [6.07, 6.45) is 6.67. The molecular formula is C14H12Br2N6O2. The van der Waals surface area contributed by atoms with Gasteiger partial charge in [-0.15, -0.1) is 0 Å². The number of nitrogens with one attached hydrogen (secondary N) is 1. The summed E-state index contributed by atoms with van der Waals surface area (Å²) >= 11 is 6.43. The number of nitrogens with zero attached hydrogens (tertiary/aromatic N) is 5. The Kier molecular flexibility index (Phi) is 5.19. The Balaban J connectivity index is 0.000000149. The Morgan fingerprint density at radius 2 is 1.83 bits per heavy atom. The second kappa shape index (κ2) is 7.34. The highest BCUT2D eigenvalue weighted by molar-refractivity contribution is 9.10. The Hall–Kier alpha value is -1.88. The van der Waals surface area contributed by atoms with E-state index >= 15 is 0 Å². The smallest absolute Gasteiger partial charge is 0.161 e. The fourth-order valence-electron chi connectivity index (χ4n) is 2.13. The molecule has 0 atom stereocenters. The van der Waals surface area contributed by atoms with Gasteiger partial charge in [-0.25, -0.2) is 19.9 Å². The van der Waals surface area contributed by atoms with Crippen LogP contribution < -0.4 is 0 Å². The summed E-state index contributed by atoms with van der Waals surface area (Å²) in [7, 11) is 0. The van der Waals surface area contributed by atoms with Gasteiger partial charge < -0.3 is 19.8 Å². The van der Waals surface area contributed by atoms with Crippen molar-refractivity contribution in [3.8, 4) is 0 Å². The highest BCUT2D eigenvalue weighted by Gasteiger charge is 2.10. The molecule has 0 aromatic carbocycles. The number of H-pyrrole nitrogens is 1. The molecule has 0 amide bonds. The summed E-state index contributed by atoms with van der Waals surface area (Å²) in [6, 6.07) is 1.88. The topological polar surface area (TPSA) is 113 Å². The predicted octanol–water partition coefficient (Wildman–Crippen LogP) is 2.36. The number of halogens is 2. The van der Waals surface area contributed by atoms with Crippen LogP contribution in [0, 0.1) is 0 Å². The Labute approximate surface area is 152 Å². The monoisotopic (exact) mass is 454 g/mol. The van der Waals surface area contributed by atoms with Crippen LogP contribution in [0.15, 0.2) is 40.1 Å². The standard InChI is InChI=1S/C8H8BrN3O2.C6H4BrN3/c9-6-1-10-8-7(11-6)5(3-13)2-12(8)4-14;7-5-3-9-6-4(10-5)1-2-8-6/h1-2,13-14H,3-4H2;1-3H,(H,8,9). The number of hydrogen-bond donors (Lipinski definition) is 3. The molecule has 8 nitrogen and oxygen atoms in total. The first-order valence-corrected chi connectivity index (χ1v) is 8.38. The van der Waals surface area contributed by atoms with Crippen LogP contribution >= 0.6 is 31.9 Å². The van der Waals surface area contributed by atoms with Crippen molar-refractivity contribution in [1.82, 2.24) is 29.5 Å². The summed E-state index contributed by atoms with van der Waals surface area (Å²) in [4.78, 5) is 19.5. The predicted molar refractivity (Wildman–Crippen MR) is 95.0 cm³/mol. The van der Waals surface area contributed by atoms with E-state index in [4.69, 9.17) is 10.2 Å². The number of aliphatic hydroxyl groups excluding tert-OH is 2. The third-order valence-electron chi connectivity index (χ3n) is 3.17. The maximum atomic E-state index is 9.06. The first-order valence-electron chi connectivity index (χ1n) is 6.80. The second-order valence-electron chi connectivity index (χ2n) is 4.69.